The predicted molar refractivity (Wildman–Crippen MR) is 59.7 cm³/mol. The summed E-state index contributed by atoms with van der Waals surface area (Å²) < 4.78 is 31.1. The van der Waals surface area contributed by atoms with E-state index in [9.17, 15) is 8.42 Å². The molecule has 0 bridgehead atoms. The normalized spacial score (nSPS) is 11.9. The highest BCUT2D eigenvalue weighted by Gasteiger charge is 2.23. The van der Waals surface area contributed by atoms with Crippen LogP contribution in [0.25, 0.3) is 0 Å². The Morgan fingerprint density at radius 3 is 2.50 bits per heavy atom. The van der Waals surface area contributed by atoms with E-state index < -0.39 is 10.0 Å². The topological polar surface area (TPSA) is 84.2 Å². The summed E-state index contributed by atoms with van der Waals surface area (Å²) in [6.45, 7) is 4.36. The third kappa shape index (κ3) is 3.03. The average Bonchev–Trinajstić information content (AvgIpc) is 2.54. The van der Waals surface area contributed by atoms with Crippen molar-refractivity contribution < 1.29 is 12.9 Å². The highest BCUT2D eigenvalue weighted by molar-refractivity contribution is 7.89. The fraction of sp³-hybridized carbons (Fsp3) is 0.667. The van der Waals surface area contributed by atoms with Gasteiger partial charge in [-0.3, -0.25) is 0 Å². The summed E-state index contributed by atoms with van der Waals surface area (Å²) in [7, 11) is -1.67. The lowest BCUT2D eigenvalue weighted by molar-refractivity contribution is 0.390. The fourth-order valence-electron chi connectivity index (χ4n) is 1.40. The number of nitrogens with one attached hydrogen (secondary N) is 2. The minimum atomic E-state index is -3.49. The molecule has 0 saturated carbocycles. The Hall–Kier alpha value is -0.920. The zero-order chi connectivity index (χ0) is 12.2. The second-order valence-electron chi connectivity index (χ2n) is 3.51. The first-order valence-corrected chi connectivity index (χ1v) is 6.54. The lowest BCUT2D eigenvalue weighted by Gasteiger charge is -2.05. The molecule has 0 amide bonds. The second kappa shape index (κ2) is 5.42. The quantitative estimate of drug-likeness (QED) is 0.700. The van der Waals surface area contributed by atoms with Gasteiger partial charge in [-0.15, -0.1) is 0 Å². The summed E-state index contributed by atoms with van der Waals surface area (Å²) >= 11 is 0. The van der Waals surface area contributed by atoms with Crippen LogP contribution in [0.4, 0.5) is 0 Å². The SMILES string of the molecule is CNCCCNS(=O)(=O)c1c(C)noc1C. The van der Waals surface area contributed by atoms with Crippen LogP contribution in [0.2, 0.25) is 0 Å². The number of aromatic nitrogens is 1. The van der Waals surface area contributed by atoms with Gasteiger partial charge in [0.25, 0.3) is 0 Å². The molecule has 7 heteroatoms. The Balaban J connectivity index is 2.71. The summed E-state index contributed by atoms with van der Waals surface area (Å²) in [6.07, 6.45) is 0.735. The Morgan fingerprint density at radius 1 is 1.31 bits per heavy atom. The first-order chi connectivity index (χ1) is 7.49. The minimum absolute atomic E-state index is 0.150. The van der Waals surface area contributed by atoms with Crippen molar-refractivity contribution in [2.75, 3.05) is 20.1 Å². The molecule has 1 heterocycles. The molecule has 92 valence electrons. The van der Waals surface area contributed by atoms with Gasteiger partial charge in [-0.05, 0) is 33.9 Å². The maximum Gasteiger partial charge on any atom is 0.245 e. The van der Waals surface area contributed by atoms with Crippen LogP contribution in [-0.2, 0) is 10.0 Å². The molecule has 1 aromatic heterocycles. The van der Waals surface area contributed by atoms with Crippen molar-refractivity contribution in [2.45, 2.75) is 25.2 Å². The minimum Gasteiger partial charge on any atom is -0.360 e. The first kappa shape index (κ1) is 13.1. The average molecular weight is 247 g/mol. The van der Waals surface area contributed by atoms with Gasteiger partial charge in [0.2, 0.25) is 10.0 Å². The molecule has 0 fully saturated rings. The molecule has 0 spiro atoms. The Bertz CT molecular complexity index is 419. The number of nitrogens with zero attached hydrogens (tertiary/aromatic N) is 1. The van der Waals surface area contributed by atoms with Crippen LogP contribution >= 0.6 is 0 Å². The van der Waals surface area contributed by atoms with Crippen LogP contribution < -0.4 is 10.0 Å². The molecule has 0 saturated heterocycles. The maximum atomic E-state index is 11.9. The molecule has 0 aliphatic heterocycles. The van der Waals surface area contributed by atoms with Crippen LogP contribution in [0.15, 0.2) is 9.42 Å². The maximum absolute atomic E-state index is 11.9. The fourth-order valence-corrected chi connectivity index (χ4v) is 2.80. The van der Waals surface area contributed by atoms with Gasteiger partial charge in [0.15, 0.2) is 5.76 Å². The smallest absolute Gasteiger partial charge is 0.245 e. The van der Waals surface area contributed by atoms with E-state index in [1.165, 1.54) is 0 Å². The van der Waals surface area contributed by atoms with E-state index in [0.29, 0.717) is 18.0 Å². The second-order valence-corrected chi connectivity index (χ2v) is 5.21. The molecule has 0 unspecified atom stereocenters. The van der Waals surface area contributed by atoms with Crippen molar-refractivity contribution in [3.63, 3.8) is 0 Å². The molecule has 0 atom stereocenters. The van der Waals surface area contributed by atoms with E-state index in [1.54, 1.807) is 13.8 Å². The monoisotopic (exact) mass is 247 g/mol. The van der Waals surface area contributed by atoms with Crippen molar-refractivity contribution in [1.82, 2.24) is 15.2 Å². The number of sulfonamides is 1. The van der Waals surface area contributed by atoms with Crippen molar-refractivity contribution in [3.8, 4) is 0 Å². The van der Waals surface area contributed by atoms with E-state index in [0.717, 1.165) is 13.0 Å². The van der Waals surface area contributed by atoms with E-state index in [-0.39, 0.29) is 4.90 Å². The third-order valence-electron chi connectivity index (χ3n) is 2.13. The Morgan fingerprint density at radius 2 is 2.00 bits per heavy atom. The number of aryl methyl sites for hydroxylation is 2. The molecule has 1 aromatic rings. The van der Waals surface area contributed by atoms with Crippen LogP contribution in [-0.4, -0.2) is 33.7 Å². The van der Waals surface area contributed by atoms with E-state index in [2.05, 4.69) is 15.2 Å². The molecule has 1 rings (SSSR count). The third-order valence-corrected chi connectivity index (χ3v) is 3.84. The molecule has 2 N–H and O–H groups in total. The van der Waals surface area contributed by atoms with Gasteiger partial charge in [-0.25, -0.2) is 13.1 Å². The first-order valence-electron chi connectivity index (χ1n) is 5.06. The molecule has 0 radical (unpaired) electrons. The number of rotatable bonds is 6. The summed E-state index contributed by atoms with van der Waals surface area (Å²) in [5, 5.41) is 6.57. The zero-order valence-corrected chi connectivity index (χ0v) is 10.5. The highest BCUT2D eigenvalue weighted by atomic mass is 32.2. The highest BCUT2D eigenvalue weighted by Crippen LogP contribution is 2.18. The van der Waals surface area contributed by atoms with Gasteiger partial charge in [-0.1, -0.05) is 5.16 Å². The largest absolute Gasteiger partial charge is 0.360 e. The summed E-state index contributed by atoms with van der Waals surface area (Å²) in [5.41, 5.74) is 0.388. The van der Waals surface area contributed by atoms with E-state index in [4.69, 9.17) is 4.52 Å². The summed E-state index contributed by atoms with van der Waals surface area (Å²) in [6, 6.07) is 0. The Kier molecular flexibility index (Phi) is 4.45. The van der Waals surface area contributed by atoms with E-state index >= 15 is 0 Å². The lowest BCUT2D eigenvalue weighted by Crippen LogP contribution is -2.27. The molecular formula is C9H17N3O3S. The van der Waals surface area contributed by atoms with Crippen molar-refractivity contribution >= 4 is 10.0 Å². The van der Waals surface area contributed by atoms with Crippen LogP contribution in [0.3, 0.4) is 0 Å². The van der Waals surface area contributed by atoms with Crippen molar-refractivity contribution in [2.24, 2.45) is 0 Å². The number of hydrogen-bond acceptors (Lipinski definition) is 5. The van der Waals surface area contributed by atoms with Gasteiger partial charge in [0.1, 0.15) is 10.6 Å². The molecule has 6 nitrogen and oxygen atoms in total. The van der Waals surface area contributed by atoms with E-state index in [1.807, 2.05) is 7.05 Å². The van der Waals surface area contributed by atoms with Crippen LogP contribution in [0, 0.1) is 13.8 Å². The molecule has 0 aliphatic rings. The summed E-state index contributed by atoms with van der Waals surface area (Å²) in [4.78, 5) is 0.150. The van der Waals surface area contributed by atoms with Gasteiger partial charge >= 0.3 is 0 Å². The van der Waals surface area contributed by atoms with Crippen LogP contribution in [0.5, 0.6) is 0 Å². The van der Waals surface area contributed by atoms with Crippen molar-refractivity contribution in [3.05, 3.63) is 11.5 Å². The molecule has 0 aliphatic carbocycles. The van der Waals surface area contributed by atoms with Gasteiger partial charge in [0.05, 0.1) is 0 Å². The molecule has 0 aromatic carbocycles. The standard InChI is InChI=1S/C9H17N3O3S/c1-7-9(8(2)15-12-7)16(13,14)11-6-4-5-10-3/h10-11H,4-6H2,1-3H3. The van der Waals surface area contributed by atoms with Crippen LogP contribution in [0.1, 0.15) is 17.9 Å². The summed E-state index contributed by atoms with van der Waals surface area (Å²) in [5.74, 6) is 0.318. The van der Waals surface area contributed by atoms with Gasteiger partial charge < -0.3 is 9.84 Å². The molecular weight excluding hydrogens is 230 g/mol. The predicted octanol–water partition coefficient (Wildman–Crippen LogP) is 0.179. The molecule has 16 heavy (non-hydrogen) atoms. The number of hydrogen-bond donors (Lipinski definition) is 2. The zero-order valence-electron chi connectivity index (χ0n) is 9.70. The lowest BCUT2D eigenvalue weighted by atomic mass is 10.4. The van der Waals surface area contributed by atoms with Gasteiger partial charge in [0, 0.05) is 6.54 Å². The van der Waals surface area contributed by atoms with Crippen molar-refractivity contribution in [1.29, 1.82) is 0 Å². The van der Waals surface area contributed by atoms with Gasteiger partial charge in [-0.2, -0.15) is 0 Å². The Labute approximate surface area is 95.4 Å².